The summed E-state index contributed by atoms with van der Waals surface area (Å²) in [6.45, 7) is 3.32. The van der Waals surface area contributed by atoms with Crippen LogP contribution in [0.15, 0.2) is 42.5 Å². The van der Waals surface area contributed by atoms with Crippen LogP contribution in [0.5, 0.6) is 0 Å². The number of carboxylic acids is 1. The summed E-state index contributed by atoms with van der Waals surface area (Å²) in [7, 11) is 0. The molecule has 0 aliphatic carbocycles. The Morgan fingerprint density at radius 1 is 1.03 bits per heavy atom. The summed E-state index contributed by atoms with van der Waals surface area (Å²) in [6, 6.07) is 11.6. The average molecular weight is 413 g/mol. The van der Waals surface area contributed by atoms with Crippen molar-refractivity contribution >= 4 is 40.8 Å². The number of nitrogens with one attached hydrogen (secondary N) is 3. The molecule has 0 bridgehead atoms. The number of aryl methyl sites for hydroxylation is 2. The third-order valence-corrected chi connectivity index (χ3v) is 4.43. The second-order valence-electron chi connectivity index (χ2n) is 6.27. The van der Waals surface area contributed by atoms with Gasteiger partial charge in [-0.25, -0.2) is 9.78 Å². The van der Waals surface area contributed by atoms with E-state index in [0.29, 0.717) is 33.3 Å². The first-order chi connectivity index (χ1) is 13.8. The molecule has 0 atom stereocenters. The Hall–Kier alpha value is -3.65. The Morgan fingerprint density at radius 2 is 1.76 bits per heavy atom. The van der Waals surface area contributed by atoms with Gasteiger partial charge in [-0.3, -0.25) is 9.59 Å². The van der Waals surface area contributed by atoms with Gasteiger partial charge < -0.3 is 20.7 Å². The molecule has 0 aliphatic rings. The molecule has 3 aromatic rings. The maximum absolute atomic E-state index is 12.4. The summed E-state index contributed by atoms with van der Waals surface area (Å²) in [4.78, 5) is 42.5. The van der Waals surface area contributed by atoms with Gasteiger partial charge in [-0.2, -0.15) is 0 Å². The number of imidazole rings is 1. The van der Waals surface area contributed by atoms with Crippen LogP contribution in [0.2, 0.25) is 5.02 Å². The van der Waals surface area contributed by atoms with Crippen molar-refractivity contribution in [2.75, 3.05) is 10.6 Å². The summed E-state index contributed by atoms with van der Waals surface area (Å²) >= 11 is 6.04. The molecule has 8 nitrogen and oxygen atoms in total. The molecule has 0 saturated heterocycles. The maximum Gasteiger partial charge on any atom is 0.356 e. The molecule has 0 fully saturated rings. The van der Waals surface area contributed by atoms with Crippen LogP contribution in [0, 0.1) is 13.8 Å². The van der Waals surface area contributed by atoms with Crippen LogP contribution in [0.3, 0.4) is 0 Å². The molecule has 0 unspecified atom stereocenters. The van der Waals surface area contributed by atoms with Crippen molar-refractivity contribution in [1.29, 1.82) is 0 Å². The standard InChI is InChI=1S/C20H17ClN4O4/c1-10-9-12(24-19(27)16-17(20(28)29)23-11(2)22-16)7-8-15(10)25-18(26)13-5-3-4-6-14(13)21/h3-9H,1-2H3,(H,22,23)(H,24,27)(H,25,26)(H,28,29). The monoisotopic (exact) mass is 412 g/mol. The second kappa shape index (κ2) is 8.15. The fourth-order valence-corrected chi connectivity index (χ4v) is 2.94. The third kappa shape index (κ3) is 4.44. The van der Waals surface area contributed by atoms with Crippen LogP contribution < -0.4 is 10.6 Å². The van der Waals surface area contributed by atoms with Gasteiger partial charge in [-0.1, -0.05) is 23.7 Å². The van der Waals surface area contributed by atoms with E-state index < -0.39 is 11.9 Å². The van der Waals surface area contributed by atoms with Gasteiger partial charge in [0.1, 0.15) is 11.5 Å². The van der Waals surface area contributed by atoms with E-state index in [-0.39, 0.29) is 17.3 Å². The zero-order valence-corrected chi connectivity index (χ0v) is 16.3. The lowest BCUT2D eigenvalue weighted by Gasteiger charge is -2.12. The fourth-order valence-electron chi connectivity index (χ4n) is 2.72. The van der Waals surface area contributed by atoms with E-state index in [0.717, 1.165) is 0 Å². The van der Waals surface area contributed by atoms with E-state index >= 15 is 0 Å². The molecule has 0 aliphatic heterocycles. The molecule has 29 heavy (non-hydrogen) atoms. The molecule has 4 N–H and O–H groups in total. The SMILES string of the molecule is Cc1nc(C(=O)O)c(C(=O)Nc2ccc(NC(=O)c3ccccc3Cl)c(C)c2)[nH]1. The third-order valence-electron chi connectivity index (χ3n) is 4.10. The molecule has 1 aromatic heterocycles. The van der Waals surface area contributed by atoms with Crippen LogP contribution in [-0.4, -0.2) is 32.9 Å². The lowest BCUT2D eigenvalue weighted by atomic mass is 10.1. The second-order valence-corrected chi connectivity index (χ2v) is 6.68. The summed E-state index contributed by atoms with van der Waals surface area (Å²) in [5.41, 5.74) is 1.55. The van der Waals surface area contributed by atoms with Gasteiger partial charge in [0, 0.05) is 11.4 Å². The van der Waals surface area contributed by atoms with Crippen molar-refractivity contribution in [3.63, 3.8) is 0 Å². The number of aromatic nitrogens is 2. The molecule has 2 amide bonds. The molecular weight excluding hydrogens is 396 g/mol. The molecule has 1 heterocycles. The number of carbonyl (C=O) groups excluding carboxylic acids is 2. The summed E-state index contributed by atoms with van der Waals surface area (Å²) in [5, 5.41) is 14.9. The topological polar surface area (TPSA) is 124 Å². The van der Waals surface area contributed by atoms with Crippen molar-refractivity contribution < 1.29 is 19.5 Å². The Kier molecular flexibility index (Phi) is 5.65. The minimum Gasteiger partial charge on any atom is -0.476 e. The Morgan fingerprint density at radius 3 is 2.41 bits per heavy atom. The normalized spacial score (nSPS) is 10.4. The number of aromatic carboxylic acids is 1. The van der Waals surface area contributed by atoms with E-state index in [1.807, 2.05) is 0 Å². The lowest BCUT2D eigenvalue weighted by molar-refractivity contribution is 0.0686. The minimum atomic E-state index is -1.30. The number of anilines is 2. The van der Waals surface area contributed by atoms with E-state index in [1.54, 1.807) is 56.3 Å². The predicted octanol–water partition coefficient (Wildman–Crippen LogP) is 3.88. The van der Waals surface area contributed by atoms with Gasteiger partial charge in [0.2, 0.25) is 0 Å². The highest BCUT2D eigenvalue weighted by Gasteiger charge is 2.21. The number of amides is 2. The molecule has 2 aromatic carbocycles. The summed E-state index contributed by atoms with van der Waals surface area (Å²) < 4.78 is 0. The first-order valence-corrected chi connectivity index (χ1v) is 8.92. The molecular formula is C20H17ClN4O4. The van der Waals surface area contributed by atoms with Gasteiger partial charge in [-0.05, 0) is 49.7 Å². The fraction of sp³-hybridized carbons (Fsp3) is 0.100. The van der Waals surface area contributed by atoms with Crippen LogP contribution in [0.4, 0.5) is 11.4 Å². The average Bonchev–Trinajstić information content (AvgIpc) is 3.06. The van der Waals surface area contributed by atoms with Crippen LogP contribution in [-0.2, 0) is 0 Å². The van der Waals surface area contributed by atoms with Gasteiger partial charge in [-0.15, -0.1) is 0 Å². The van der Waals surface area contributed by atoms with Gasteiger partial charge in [0.25, 0.3) is 11.8 Å². The number of nitrogens with zero attached hydrogens (tertiary/aromatic N) is 1. The Bertz CT molecular complexity index is 1120. The number of hydrogen-bond acceptors (Lipinski definition) is 4. The van der Waals surface area contributed by atoms with Gasteiger partial charge in [0.05, 0.1) is 10.6 Å². The number of H-pyrrole nitrogens is 1. The number of benzene rings is 2. The maximum atomic E-state index is 12.4. The van der Waals surface area contributed by atoms with Crippen molar-refractivity contribution in [1.82, 2.24) is 9.97 Å². The zero-order valence-electron chi connectivity index (χ0n) is 15.5. The van der Waals surface area contributed by atoms with Gasteiger partial charge in [0.15, 0.2) is 5.69 Å². The van der Waals surface area contributed by atoms with E-state index in [4.69, 9.17) is 16.7 Å². The molecule has 0 radical (unpaired) electrons. The van der Waals surface area contributed by atoms with Crippen molar-refractivity contribution in [2.24, 2.45) is 0 Å². The number of carbonyl (C=O) groups is 3. The first kappa shape index (κ1) is 20.1. The van der Waals surface area contributed by atoms with Crippen LogP contribution >= 0.6 is 11.6 Å². The molecule has 9 heteroatoms. The van der Waals surface area contributed by atoms with Crippen molar-refractivity contribution in [3.05, 3.63) is 75.8 Å². The lowest BCUT2D eigenvalue weighted by Crippen LogP contribution is -2.17. The highest BCUT2D eigenvalue weighted by molar-refractivity contribution is 6.34. The number of hydrogen-bond donors (Lipinski definition) is 4. The first-order valence-electron chi connectivity index (χ1n) is 8.54. The van der Waals surface area contributed by atoms with Crippen LogP contribution in [0.25, 0.3) is 0 Å². The predicted molar refractivity (Wildman–Crippen MR) is 109 cm³/mol. The number of carboxylic acid groups (broad SMARTS) is 1. The van der Waals surface area contributed by atoms with Crippen molar-refractivity contribution in [3.8, 4) is 0 Å². The largest absolute Gasteiger partial charge is 0.476 e. The quantitative estimate of drug-likeness (QED) is 0.506. The number of halogens is 1. The Labute approximate surface area is 170 Å². The molecule has 0 spiro atoms. The van der Waals surface area contributed by atoms with Gasteiger partial charge >= 0.3 is 5.97 Å². The van der Waals surface area contributed by atoms with E-state index in [9.17, 15) is 14.4 Å². The highest BCUT2D eigenvalue weighted by Crippen LogP contribution is 2.23. The number of rotatable bonds is 5. The summed E-state index contributed by atoms with van der Waals surface area (Å²) in [6.07, 6.45) is 0. The van der Waals surface area contributed by atoms with E-state index in [1.165, 1.54) is 0 Å². The molecule has 3 rings (SSSR count). The summed E-state index contributed by atoms with van der Waals surface area (Å²) in [5.74, 6) is -1.96. The highest BCUT2D eigenvalue weighted by atomic mass is 35.5. The Balaban J connectivity index is 1.76. The smallest absolute Gasteiger partial charge is 0.356 e. The zero-order chi connectivity index (χ0) is 21.1. The van der Waals surface area contributed by atoms with Crippen LogP contribution in [0.1, 0.15) is 42.7 Å². The van der Waals surface area contributed by atoms with Crippen molar-refractivity contribution in [2.45, 2.75) is 13.8 Å². The number of aromatic amines is 1. The molecule has 148 valence electrons. The van der Waals surface area contributed by atoms with E-state index in [2.05, 4.69) is 20.6 Å². The minimum absolute atomic E-state index is 0.135. The molecule has 0 saturated carbocycles.